The molecule has 0 atom stereocenters. The van der Waals surface area contributed by atoms with Gasteiger partial charge in [0.2, 0.25) is 0 Å². The fourth-order valence-corrected chi connectivity index (χ4v) is 1.50. The van der Waals surface area contributed by atoms with Crippen LogP contribution in [-0.2, 0) is 4.84 Å². The van der Waals surface area contributed by atoms with Crippen molar-refractivity contribution < 1.29 is 4.84 Å². The predicted octanol–water partition coefficient (Wildman–Crippen LogP) is 2.08. The van der Waals surface area contributed by atoms with Gasteiger partial charge in [-0.05, 0) is 12.1 Å². The monoisotopic (exact) mass is 292 g/mol. The molecule has 0 saturated carbocycles. The summed E-state index contributed by atoms with van der Waals surface area (Å²) < 4.78 is 0. The average Bonchev–Trinajstić information content (AvgIpc) is 2.44. The summed E-state index contributed by atoms with van der Waals surface area (Å²) in [4.78, 5) is 7.35. The van der Waals surface area contributed by atoms with E-state index in [0.29, 0.717) is 0 Å². The summed E-state index contributed by atoms with van der Waals surface area (Å²) in [6.07, 6.45) is 0. The van der Waals surface area contributed by atoms with Crippen molar-refractivity contribution in [3.8, 4) is 0 Å². The molecule has 1 aliphatic heterocycles. The molecule has 0 N–H and O–H groups in total. The van der Waals surface area contributed by atoms with E-state index >= 15 is 0 Å². The first-order valence-electron chi connectivity index (χ1n) is 3.95. The molecular weight excluding hydrogens is 279 g/mol. The topological polar surface area (TPSA) is 15.7 Å². The van der Waals surface area contributed by atoms with Crippen LogP contribution in [0, 0.1) is 0 Å². The number of para-hydroxylation sites is 2. The summed E-state index contributed by atoms with van der Waals surface area (Å²) in [6, 6.07) is 8.20. The minimum atomic E-state index is 0. The largest absolute Gasteiger partial charge is 0.353 e. The highest BCUT2D eigenvalue weighted by atomic mass is 127. The summed E-state index contributed by atoms with van der Waals surface area (Å²) in [5.41, 5.74) is 2.36. The van der Waals surface area contributed by atoms with Gasteiger partial charge in [0.1, 0.15) is 6.67 Å². The third kappa shape index (κ3) is 1.73. The molecule has 0 saturated heterocycles. The quantitative estimate of drug-likeness (QED) is 0.737. The van der Waals surface area contributed by atoms with Crippen molar-refractivity contribution in [2.75, 3.05) is 30.8 Å². The first kappa shape index (κ1) is 10.6. The number of hydrogen-bond donors (Lipinski definition) is 0. The molecule has 0 radical (unpaired) electrons. The van der Waals surface area contributed by atoms with Gasteiger partial charge in [0.25, 0.3) is 0 Å². The number of fused-ring (bicyclic) bond motifs is 1. The number of hydroxylamine groups is 1. The molecule has 1 aliphatic rings. The number of benzene rings is 1. The molecule has 13 heavy (non-hydrogen) atoms. The van der Waals surface area contributed by atoms with Crippen LogP contribution in [0.3, 0.4) is 0 Å². The van der Waals surface area contributed by atoms with E-state index < -0.39 is 0 Å². The Morgan fingerprint density at radius 1 is 1.23 bits per heavy atom. The summed E-state index contributed by atoms with van der Waals surface area (Å²) in [7, 11) is 3.74. The van der Waals surface area contributed by atoms with Crippen molar-refractivity contribution in [1.29, 1.82) is 0 Å². The number of anilines is 2. The van der Waals surface area contributed by atoms with E-state index in [9.17, 15) is 0 Å². The Kier molecular flexibility index (Phi) is 3.38. The predicted molar refractivity (Wildman–Crippen MR) is 64.6 cm³/mol. The van der Waals surface area contributed by atoms with E-state index in [2.05, 4.69) is 24.1 Å². The SMILES string of the molecule is CON1CN(C)c2ccccc21.I. The van der Waals surface area contributed by atoms with Gasteiger partial charge in [0.15, 0.2) is 0 Å². The minimum absolute atomic E-state index is 0. The van der Waals surface area contributed by atoms with Gasteiger partial charge in [-0.25, -0.2) is 5.06 Å². The van der Waals surface area contributed by atoms with Crippen LogP contribution >= 0.6 is 24.0 Å². The van der Waals surface area contributed by atoms with E-state index in [4.69, 9.17) is 4.84 Å². The number of hydrogen-bond acceptors (Lipinski definition) is 3. The second kappa shape index (κ2) is 4.15. The van der Waals surface area contributed by atoms with Crippen LogP contribution < -0.4 is 9.96 Å². The molecule has 4 heteroatoms. The molecule has 3 nitrogen and oxygen atoms in total. The molecule has 0 aliphatic carbocycles. The minimum Gasteiger partial charge on any atom is -0.353 e. The van der Waals surface area contributed by atoms with E-state index in [0.717, 1.165) is 12.4 Å². The molecule has 1 heterocycles. The van der Waals surface area contributed by atoms with Crippen LogP contribution in [0.1, 0.15) is 0 Å². The lowest BCUT2D eigenvalue weighted by molar-refractivity contribution is 0.173. The van der Waals surface area contributed by atoms with Gasteiger partial charge in [0, 0.05) is 7.05 Å². The van der Waals surface area contributed by atoms with Gasteiger partial charge in [-0.1, -0.05) is 12.1 Å². The second-order valence-electron chi connectivity index (χ2n) is 2.89. The Morgan fingerprint density at radius 2 is 1.85 bits per heavy atom. The van der Waals surface area contributed by atoms with Crippen LogP contribution in [0.25, 0.3) is 0 Å². The zero-order chi connectivity index (χ0) is 8.55. The van der Waals surface area contributed by atoms with Gasteiger partial charge in [-0.2, -0.15) is 0 Å². The first-order valence-corrected chi connectivity index (χ1v) is 3.95. The maximum Gasteiger partial charge on any atom is 0.116 e. The smallest absolute Gasteiger partial charge is 0.116 e. The molecule has 2 rings (SSSR count). The lowest BCUT2D eigenvalue weighted by Gasteiger charge is -2.15. The molecule has 0 amide bonds. The fraction of sp³-hybridized carbons (Fsp3) is 0.333. The summed E-state index contributed by atoms with van der Waals surface area (Å²) in [5.74, 6) is 0. The fourth-order valence-electron chi connectivity index (χ4n) is 1.50. The Balaban J connectivity index is 0.000000845. The van der Waals surface area contributed by atoms with Crippen LogP contribution in [0.4, 0.5) is 11.4 Å². The van der Waals surface area contributed by atoms with Crippen LogP contribution in [-0.4, -0.2) is 20.8 Å². The number of rotatable bonds is 1. The summed E-state index contributed by atoms with van der Waals surface area (Å²) >= 11 is 0. The van der Waals surface area contributed by atoms with E-state index in [1.807, 2.05) is 17.2 Å². The van der Waals surface area contributed by atoms with Gasteiger partial charge in [0.05, 0.1) is 18.5 Å². The third-order valence-corrected chi connectivity index (χ3v) is 2.12. The summed E-state index contributed by atoms with van der Waals surface area (Å²) in [6.45, 7) is 0.801. The van der Waals surface area contributed by atoms with E-state index in [-0.39, 0.29) is 24.0 Å². The van der Waals surface area contributed by atoms with Crippen LogP contribution in [0.2, 0.25) is 0 Å². The molecule has 0 spiro atoms. The van der Waals surface area contributed by atoms with Crippen molar-refractivity contribution in [3.05, 3.63) is 24.3 Å². The van der Waals surface area contributed by atoms with Gasteiger partial charge in [-0.3, -0.25) is 4.84 Å². The normalized spacial score (nSPS) is 14.0. The Hall–Kier alpha value is -0.490. The van der Waals surface area contributed by atoms with Gasteiger partial charge < -0.3 is 4.90 Å². The molecule has 1 aromatic rings. The van der Waals surface area contributed by atoms with Crippen molar-refractivity contribution in [3.63, 3.8) is 0 Å². The average molecular weight is 292 g/mol. The molecule has 1 aromatic carbocycles. The molecular formula is C9H13IN2O. The zero-order valence-corrected chi connectivity index (χ0v) is 10.1. The highest BCUT2D eigenvalue weighted by molar-refractivity contribution is 14.0. The standard InChI is InChI=1S/C9H12N2O.HI/c1-10-7-11(12-2)9-6-4-3-5-8(9)10;/h3-6H,7H2,1-2H3;1H. The third-order valence-electron chi connectivity index (χ3n) is 2.12. The van der Waals surface area contributed by atoms with Crippen molar-refractivity contribution in [2.24, 2.45) is 0 Å². The number of nitrogens with zero attached hydrogens (tertiary/aromatic N) is 2. The first-order chi connectivity index (χ1) is 5.83. The maximum atomic E-state index is 5.20. The molecule has 0 bridgehead atoms. The van der Waals surface area contributed by atoms with Crippen LogP contribution in [0.15, 0.2) is 24.3 Å². The summed E-state index contributed by atoms with van der Waals surface area (Å²) in [5, 5.41) is 1.87. The zero-order valence-electron chi connectivity index (χ0n) is 7.73. The number of halogens is 1. The van der Waals surface area contributed by atoms with Crippen molar-refractivity contribution in [2.45, 2.75) is 0 Å². The highest BCUT2D eigenvalue weighted by Gasteiger charge is 2.21. The van der Waals surface area contributed by atoms with Gasteiger partial charge in [-0.15, -0.1) is 24.0 Å². The molecule has 72 valence electrons. The van der Waals surface area contributed by atoms with Crippen molar-refractivity contribution in [1.82, 2.24) is 0 Å². The molecule has 0 unspecified atom stereocenters. The Labute approximate surface area is 95.3 Å². The Bertz CT molecular complexity index is 293. The second-order valence-corrected chi connectivity index (χ2v) is 2.89. The van der Waals surface area contributed by atoms with E-state index in [1.165, 1.54) is 5.69 Å². The maximum absolute atomic E-state index is 5.20. The van der Waals surface area contributed by atoms with E-state index in [1.54, 1.807) is 7.11 Å². The lowest BCUT2D eigenvalue weighted by Crippen LogP contribution is -2.26. The van der Waals surface area contributed by atoms with Gasteiger partial charge >= 0.3 is 0 Å². The van der Waals surface area contributed by atoms with Crippen LogP contribution in [0.5, 0.6) is 0 Å². The molecule has 0 fully saturated rings. The highest BCUT2D eigenvalue weighted by Crippen LogP contribution is 2.33. The molecule has 0 aromatic heterocycles. The Morgan fingerprint density at radius 3 is 2.46 bits per heavy atom. The lowest BCUT2D eigenvalue weighted by atomic mass is 10.3. The van der Waals surface area contributed by atoms with Crippen molar-refractivity contribution >= 4 is 35.4 Å².